The fourth-order valence-electron chi connectivity index (χ4n) is 1.07. The SMILES string of the molecule is CN(CCO)C(=O)c1cc(N)cnc1Cl. The van der Waals surface area contributed by atoms with Gasteiger partial charge in [-0.15, -0.1) is 0 Å². The molecule has 15 heavy (non-hydrogen) atoms. The highest BCUT2D eigenvalue weighted by atomic mass is 35.5. The molecule has 0 radical (unpaired) electrons. The third-order valence-corrected chi connectivity index (χ3v) is 2.17. The lowest BCUT2D eigenvalue weighted by atomic mass is 10.2. The van der Waals surface area contributed by atoms with Gasteiger partial charge in [0.15, 0.2) is 0 Å². The molecule has 0 saturated carbocycles. The van der Waals surface area contributed by atoms with E-state index in [-0.39, 0.29) is 29.8 Å². The summed E-state index contributed by atoms with van der Waals surface area (Å²) in [7, 11) is 1.57. The summed E-state index contributed by atoms with van der Waals surface area (Å²) in [4.78, 5) is 16.9. The molecule has 0 bridgehead atoms. The Morgan fingerprint density at radius 1 is 1.73 bits per heavy atom. The highest BCUT2D eigenvalue weighted by Gasteiger charge is 2.15. The number of pyridine rings is 1. The number of hydrogen-bond acceptors (Lipinski definition) is 4. The molecule has 1 amide bonds. The molecule has 82 valence electrons. The van der Waals surface area contributed by atoms with Crippen molar-refractivity contribution in [1.29, 1.82) is 0 Å². The molecule has 0 aromatic carbocycles. The van der Waals surface area contributed by atoms with Crippen LogP contribution in [0.4, 0.5) is 5.69 Å². The van der Waals surface area contributed by atoms with Gasteiger partial charge in [0, 0.05) is 13.6 Å². The predicted octanol–water partition coefficient (Wildman–Crippen LogP) is 0.381. The van der Waals surface area contributed by atoms with E-state index < -0.39 is 0 Å². The Labute approximate surface area is 92.5 Å². The summed E-state index contributed by atoms with van der Waals surface area (Å²) in [5.74, 6) is -0.311. The summed E-state index contributed by atoms with van der Waals surface area (Å²) < 4.78 is 0. The minimum atomic E-state index is -0.311. The summed E-state index contributed by atoms with van der Waals surface area (Å²) in [6.07, 6.45) is 1.38. The molecule has 0 aliphatic rings. The van der Waals surface area contributed by atoms with Crippen molar-refractivity contribution in [3.8, 4) is 0 Å². The van der Waals surface area contributed by atoms with Crippen LogP contribution < -0.4 is 5.73 Å². The number of carbonyl (C=O) groups excluding carboxylic acids is 1. The molecule has 0 unspecified atom stereocenters. The van der Waals surface area contributed by atoms with Crippen molar-refractivity contribution in [2.24, 2.45) is 0 Å². The number of anilines is 1. The van der Waals surface area contributed by atoms with Crippen LogP contribution in [-0.2, 0) is 0 Å². The van der Waals surface area contributed by atoms with E-state index in [4.69, 9.17) is 22.4 Å². The molecule has 0 atom stereocenters. The van der Waals surface area contributed by atoms with Crippen molar-refractivity contribution in [2.45, 2.75) is 0 Å². The summed E-state index contributed by atoms with van der Waals surface area (Å²) in [6.45, 7) is 0.138. The Bertz CT molecular complexity index is 370. The second-order valence-corrected chi connectivity index (χ2v) is 3.42. The fraction of sp³-hybridized carbons (Fsp3) is 0.333. The number of carbonyl (C=O) groups is 1. The molecule has 1 aromatic heterocycles. The number of halogens is 1. The Kier molecular flexibility index (Phi) is 3.88. The van der Waals surface area contributed by atoms with Gasteiger partial charge in [-0.25, -0.2) is 4.98 Å². The molecule has 0 saturated heterocycles. The zero-order valence-corrected chi connectivity index (χ0v) is 9.03. The van der Waals surface area contributed by atoms with Crippen LogP contribution in [-0.4, -0.2) is 41.1 Å². The second kappa shape index (κ2) is 4.95. The maximum Gasteiger partial charge on any atom is 0.256 e. The first-order valence-electron chi connectivity index (χ1n) is 4.33. The van der Waals surface area contributed by atoms with Crippen LogP contribution in [0.2, 0.25) is 5.15 Å². The average molecular weight is 230 g/mol. The number of amides is 1. The predicted molar refractivity (Wildman–Crippen MR) is 57.7 cm³/mol. The van der Waals surface area contributed by atoms with Crippen molar-refractivity contribution in [3.05, 3.63) is 23.0 Å². The topological polar surface area (TPSA) is 79.5 Å². The molecule has 0 spiro atoms. The third kappa shape index (κ3) is 2.81. The minimum absolute atomic E-state index is 0.102. The molecule has 1 rings (SSSR count). The van der Waals surface area contributed by atoms with Gasteiger partial charge in [-0.3, -0.25) is 4.79 Å². The molecule has 0 aliphatic heterocycles. The Morgan fingerprint density at radius 2 is 2.40 bits per heavy atom. The number of nitrogens with two attached hydrogens (primary N) is 1. The van der Waals surface area contributed by atoms with Crippen LogP contribution in [0.1, 0.15) is 10.4 Å². The van der Waals surface area contributed by atoms with Gasteiger partial charge in [-0.05, 0) is 6.07 Å². The first-order chi connectivity index (χ1) is 7.06. The van der Waals surface area contributed by atoms with Crippen molar-refractivity contribution < 1.29 is 9.90 Å². The van der Waals surface area contributed by atoms with Gasteiger partial charge >= 0.3 is 0 Å². The highest BCUT2D eigenvalue weighted by molar-refractivity contribution is 6.32. The summed E-state index contributed by atoms with van der Waals surface area (Å²) in [5.41, 5.74) is 6.12. The zero-order chi connectivity index (χ0) is 11.4. The molecule has 0 fully saturated rings. The number of aliphatic hydroxyl groups is 1. The van der Waals surface area contributed by atoms with E-state index in [1.165, 1.54) is 17.2 Å². The maximum atomic E-state index is 11.7. The van der Waals surface area contributed by atoms with E-state index in [0.717, 1.165) is 0 Å². The highest BCUT2D eigenvalue weighted by Crippen LogP contribution is 2.16. The van der Waals surface area contributed by atoms with Crippen LogP contribution in [0.5, 0.6) is 0 Å². The number of aromatic nitrogens is 1. The van der Waals surface area contributed by atoms with Crippen LogP contribution in [0.25, 0.3) is 0 Å². The number of hydrogen-bond donors (Lipinski definition) is 2. The van der Waals surface area contributed by atoms with Crippen molar-refractivity contribution in [2.75, 3.05) is 25.9 Å². The van der Waals surface area contributed by atoms with E-state index in [0.29, 0.717) is 5.69 Å². The number of nitrogen functional groups attached to an aromatic ring is 1. The molecular formula is C9H12ClN3O2. The fourth-order valence-corrected chi connectivity index (χ4v) is 1.26. The van der Waals surface area contributed by atoms with E-state index in [1.807, 2.05) is 0 Å². The van der Waals surface area contributed by atoms with Crippen molar-refractivity contribution in [3.63, 3.8) is 0 Å². The van der Waals surface area contributed by atoms with E-state index in [1.54, 1.807) is 7.05 Å². The molecule has 3 N–H and O–H groups in total. The van der Waals surface area contributed by atoms with E-state index in [2.05, 4.69) is 4.98 Å². The lowest BCUT2D eigenvalue weighted by Crippen LogP contribution is -2.29. The first-order valence-corrected chi connectivity index (χ1v) is 4.71. The number of aliphatic hydroxyl groups excluding tert-OH is 1. The lowest BCUT2D eigenvalue weighted by Gasteiger charge is -2.16. The van der Waals surface area contributed by atoms with Crippen LogP contribution in [0, 0.1) is 0 Å². The smallest absolute Gasteiger partial charge is 0.256 e. The van der Waals surface area contributed by atoms with Gasteiger partial charge in [-0.1, -0.05) is 11.6 Å². The van der Waals surface area contributed by atoms with Gasteiger partial charge in [-0.2, -0.15) is 0 Å². The summed E-state index contributed by atoms with van der Waals surface area (Å²) >= 11 is 5.76. The number of rotatable bonds is 3. The molecule has 5 nitrogen and oxygen atoms in total. The number of nitrogens with zero attached hydrogens (tertiary/aromatic N) is 2. The molecule has 6 heteroatoms. The van der Waals surface area contributed by atoms with Crippen molar-refractivity contribution in [1.82, 2.24) is 9.88 Å². The first kappa shape index (κ1) is 11.7. The number of likely N-dealkylation sites (N-methyl/N-ethyl adjacent to an activating group) is 1. The molecule has 0 aliphatic carbocycles. The summed E-state index contributed by atoms with van der Waals surface area (Å²) in [5, 5.41) is 8.80. The van der Waals surface area contributed by atoms with E-state index in [9.17, 15) is 4.79 Å². The Hall–Kier alpha value is -1.33. The van der Waals surface area contributed by atoms with Gasteiger partial charge < -0.3 is 15.7 Å². The van der Waals surface area contributed by atoms with Crippen LogP contribution in [0.15, 0.2) is 12.3 Å². The lowest BCUT2D eigenvalue weighted by molar-refractivity contribution is 0.0767. The Morgan fingerprint density at radius 3 is 3.00 bits per heavy atom. The monoisotopic (exact) mass is 229 g/mol. The molecule has 1 aromatic rings. The van der Waals surface area contributed by atoms with Gasteiger partial charge in [0.2, 0.25) is 0 Å². The molecular weight excluding hydrogens is 218 g/mol. The Balaban J connectivity index is 2.95. The average Bonchev–Trinajstić information content (AvgIpc) is 2.21. The van der Waals surface area contributed by atoms with Gasteiger partial charge in [0.1, 0.15) is 5.15 Å². The van der Waals surface area contributed by atoms with Gasteiger partial charge in [0.05, 0.1) is 24.1 Å². The normalized spacial score (nSPS) is 10.1. The standard InChI is InChI=1S/C9H12ClN3O2/c1-13(2-3-14)9(15)7-4-6(11)5-12-8(7)10/h4-5,14H,2-3,11H2,1H3. The second-order valence-electron chi connectivity index (χ2n) is 3.06. The molecule has 1 heterocycles. The van der Waals surface area contributed by atoms with Crippen LogP contribution in [0.3, 0.4) is 0 Å². The minimum Gasteiger partial charge on any atom is -0.397 e. The largest absolute Gasteiger partial charge is 0.397 e. The summed E-state index contributed by atoms with van der Waals surface area (Å²) in [6, 6.07) is 1.46. The van der Waals surface area contributed by atoms with Crippen LogP contribution >= 0.6 is 11.6 Å². The zero-order valence-electron chi connectivity index (χ0n) is 8.27. The quantitative estimate of drug-likeness (QED) is 0.735. The maximum absolute atomic E-state index is 11.7. The van der Waals surface area contributed by atoms with Crippen molar-refractivity contribution >= 4 is 23.2 Å². The van der Waals surface area contributed by atoms with E-state index >= 15 is 0 Å². The third-order valence-electron chi connectivity index (χ3n) is 1.87. The van der Waals surface area contributed by atoms with Gasteiger partial charge in [0.25, 0.3) is 5.91 Å².